The van der Waals surface area contributed by atoms with Crippen molar-refractivity contribution in [2.24, 2.45) is 0 Å². The van der Waals surface area contributed by atoms with E-state index in [-0.39, 0.29) is 11.3 Å². The lowest BCUT2D eigenvalue weighted by Crippen LogP contribution is -2.22. The van der Waals surface area contributed by atoms with Crippen LogP contribution < -0.4 is 16.0 Å². The van der Waals surface area contributed by atoms with E-state index in [0.29, 0.717) is 5.69 Å². The first-order valence-corrected chi connectivity index (χ1v) is 8.81. The van der Waals surface area contributed by atoms with Crippen molar-refractivity contribution in [1.29, 1.82) is 0 Å². The molecular weight excluding hydrogens is 349 g/mol. The first kappa shape index (κ1) is 18.7. The number of carbonyl (C=O) groups is 2. The molecule has 0 unspecified atom stereocenters. The van der Waals surface area contributed by atoms with Gasteiger partial charge in [-0.3, -0.25) is 4.79 Å². The van der Waals surface area contributed by atoms with Gasteiger partial charge in [0.25, 0.3) is 5.91 Å². The third kappa shape index (κ3) is 4.55. The molecule has 27 heavy (non-hydrogen) atoms. The van der Waals surface area contributed by atoms with Crippen LogP contribution in [0.1, 0.15) is 28.8 Å². The number of nitrogen functional groups attached to an aromatic ring is 1. The van der Waals surface area contributed by atoms with Gasteiger partial charge < -0.3 is 20.7 Å². The van der Waals surface area contributed by atoms with E-state index in [1.807, 2.05) is 25.1 Å². The number of anilines is 3. The molecule has 0 spiro atoms. The van der Waals surface area contributed by atoms with Crippen LogP contribution in [-0.2, 0) is 9.53 Å². The molecule has 0 aliphatic carbocycles. The molecule has 0 bridgehead atoms. The zero-order valence-electron chi connectivity index (χ0n) is 15.1. The molecule has 3 N–H and O–H groups in total. The molecule has 1 fully saturated rings. The van der Waals surface area contributed by atoms with Gasteiger partial charge in [0, 0.05) is 30.2 Å². The highest BCUT2D eigenvalue weighted by Crippen LogP contribution is 2.26. The van der Waals surface area contributed by atoms with Crippen LogP contribution in [0.4, 0.5) is 21.5 Å². The van der Waals surface area contributed by atoms with E-state index < -0.39 is 24.3 Å². The average molecular weight is 371 g/mol. The van der Waals surface area contributed by atoms with Gasteiger partial charge in [0.15, 0.2) is 6.61 Å². The number of benzene rings is 2. The van der Waals surface area contributed by atoms with Crippen LogP contribution in [0.2, 0.25) is 0 Å². The molecule has 1 amide bonds. The molecule has 1 aliphatic rings. The van der Waals surface area contributed by atoms with Gasteiger partial charge in [-0.1, -0.05) is 0 Å². The van der Waals surface area contributed by atoms with Crippen LogP contribution in [0.3, 0.4) is 0 Å². The summed E-state index contributed by atoms with van der Waals surface area (Å²) in [7, 11) is 0. The van der Waals surface area contributed by atoms with Crippen LogP contribution in [0.25, 0.3) is 0 Å². The number of aryl methyl sites for hydroxylation is 1. The van der Waals surface area contributed by atoms with Crippen molar-refractivity contribution in [3.8, 4) is 0 Å². The molecule has 0 radical (unpaired) electrons. The molecule has 0 saturated carbocycles. The van der Waals surface area contributed by atoms with Gasteiger partial charge >= 0.3 is 5.97 Å². The number of amides is 1. The molecule has 1 aliphatic heterocycles. The molecular formula is C20H22FN3O3. The lowest BCUT2D eigenvalue weighted by Gasteiger charge is -2.20. The second-order valence-electron chi connectivity index (χ2n) is 6.55. The van der Waals surface area contributed by atoms with Crippen LogP contribution >= 0.6 is 0 Å². The Morgan fingerprint density at radius 1 is 1.19 bits per heavy atom. The van der Waals surface area contributed by atoms with Gasteiger partial charge in [-0.05, 0) is 61.7 Å². The number of halogens is 1. The Morgan fingerprint density at radius 2 is 1.93 bits per heavy atom. The maximum absolute atomic E-state index is 13.0. The monoisotopic (exact) mass is 371 g/mol. The second kappa shape index (κ2) is 8.07. The predicted octanol–water partition coefficient (Wildman–Crippen LogP) is 3.11. The summed E-state index contributed by atoms with van der Waals surface area (Å²) >= 11 is 0. The van der Waals surface area contributed by atoms with E-state index in [4.69, 9.17) is 10.5 Å². The summed E-state index contributed by atoms with van der Waals surface area (Å²) in [5.41, 5.74) is 8.46. The number of hydrogen-bond acceptors (Lipinski definition) is 5. The van der Waals surface area contributed by atoms with Gasteiger partial charge in [0.2, 0.25) is 0 Å². The van der Waals surface area contributed by atoms with Crippen molar-refractivity contribution in [2.45, 2.75) is 19.8 Å². The van der Waals surface area contributed by atoms with E-state index in [9.17, 15) is 14.0 Å². The van der Waals surface area contributed by atoms with Crippen LogP contribution in [-0.4, -0.2) is 31.6 Å². The first-order chi connectivity index (χ1) is 12.9. The molecule has 0 atom stereocenters. The molecule has 6 nitrogen and oxygen atoms in total. The lowest BCUT2D eigenvalue weighted by atomic mass is 10.1. The molecule has 1 heterocycles. The maximum Gasteiger partial charge on any atom is 0.340 e. The van der Waals surface area contributed by atoms with Gasteiger partial charge in [-0.25, -0.2) is 9.18 Å². The number of carbonyl (C=O) groups excluding carboxylic acids is 2. The molecule has 7 heteroatoms. The molecule has 2 aromatic rings. The fraction of sp³-hybridized carbons (Fsp3) is 0.300. The minimum Gasteiger partial charge on any atom is -0.452 e. The zero-order valence-corrected chi connectivity index (χ0v) is 15.1. The Balaban J connectivity index is 1.56. The van der Waals surface area contributed by atoms with E-state index >= 15 is 0 Å². The molecule has 2 aromatic carbocycles. The summed E-state index contributed by atoms with van der Waals surface area (Å²) < 4.78 is 18.0. The summed E-state index contributed by atoms with van der Waals surface area (Å²) in [6, 6.07) is 9.08. The van der Waals surface area contributed by atoms with E-state index in [1.165, 1.54) is 24.6 Å². The van der Waals surface area contributed by atoms with Crippen molar-refractivity contribution < 1.29 is 18.7 Å². The standard InChI is InChI=1S/C20H22FN3O3/c1-13-10-15(5-7-18(13)24-8-2-3-9-24)23-19(25)12-27-20(26)16-6-4-14(21)11-17(16)22/h4-7,10-11H,2-3,8-9,12,22H2,1H3,(H,23,25). The lowest BCUT2D eigenvalue weighted by molar-refractivity contribution is -0.119. The molecule has 1 saturated heterocycles. The van der Waals surface area contributed by atoms with Crippen LogP contribution in [0, 0.1) is 12.7 Å². The number of nitrogens with one attached hydrogen (secondary N) is 1. The molecule has 3 rings (SSSR count). The third-order valence-corrected chi connectivity index (χ3v) is 4.50. The van der Waals surface area contributed by atoms with Crippen LogP contribution in [0.15, 0.2) is 36.4 Å². The van der Waals surface area contributed by atoms with Gasteiger partial charge in [0.05, 0.1) is 5.56 Å². The second-order valence-corrected chi connectivity index (χ2v) is 6.55. The number of nitrogens with two attached hydrogens (primary N) is 1. The summed E-state index contributed by atoms with van der Waals surface area (Å²) in [5, 5.41) is 2.71. The fourth-order valence-electron chi connectivity index (χ4n) is 3.17. The summed E-state index contributed by atoms with van der Waals surface area (Å²) in [6.07, 6.45) is 2.39. The van der Waals surface area contributed by atoms with Gasteiger partial charge in [-0.15, -0.1) is 0 Å². The Bertz CT molecular complexity index is 864. The van der Waals surface area contributed by atoms with Crippen LogP contribution in [0.5, 0.6) is 0 Å². The van der Waals surface area contributed by atoms with E-state index in [2.05, 4.69) is 10.2 Å². The third-order valence-electron chi connectivity index (χ3n) is 4.50. The zero-order chi connectivity index (χ0) is 19.4. The largest absolute Gasteiger partial charge is 0.452 e. The Morgan fingerprint density at radius 3 is 2.59 bits per heavy atom. The molecule has 0 aromatic heterocycles. The van der Waals surface area contributed by atoms with E-state index in [0.717, 1.165) is 30.8 Å². The van der Waals surface area contributed by atoms with Crippen molar-refractivity contribution in [3.05, 3.63) is 53.3 Å². The van der Waals surface area contributed by atoms with Crippen molar-refractivity contribution in [2.75, 3.05) is 35.6 Å². The normalized spacial score (nSPS) is 13.5. The highest BCUT2D eigenvalue weighted by Gasteiger charge is 2.16. The summed E-state index contributed by atoms with van der Waals surface area (Å²) in [5.74, 6) is -1.78. The van der Waals surface area contributed by atoms with Crippen molar-refractivity contribution in [3.63, 3.8) is 0 Å². The predicted molar refractivity (Wildman–Crippen MR) is 102 cm³/mol. The van der Waals surface area contributed by atoms with Crippen molar-refractivity contribution in [1.82, 2.24) is 0 Å². The summed E-state index contributed by atoms with van der Waals surface area (Å²) in [6.45, 7) is 3.65. The number of rotatable bonds is 5. The number of ether oxygens (including phenoxy) is 1. The van der Waals surface area contributed by atoms with Crippen molar-refractivity contribution >= 4 is 28.9 Å². The fourth-order valence-corrected chi connectivity index (χ4v) is 3.17. The number of nitrogens with zero attached hydrogens (tertiary/aromatic N) is 1. The SMILES string of the molecule is Cc1cc(NC(=O)COC(=O)c2ccc(F)cc2N)ccc1N1CCCC1. The quantitative estimate of drug-likeness (QED) is 0.623. The Labute approximate surface area is 157 Å². The smallest absolute Gasteiger partial charge is 0.340 e. The number of esters is 1. The van der Waals surface area contributed by atoms with E-state index in [1.54, 1.807) is 0 Å². The Kier molecular flexibility index (Phi) is 5.59. The van der Waals surface area contributed by atoms with Gasteiger partial charge in [-0.2, -0.15) is 0 Å². The highest BCUT2D eigenvalue weighted by molar-refractivity contribution is 5.98. The topological polar surface area (TPSA) is 84.7 Å². The maximum atomic E-state index is 13.0. The minimum atomic E-state index is -0.775. The molecule has 142 valence electrons. The summed E-state index contributed by atoms with van der Waals surface area (Å²) in [4.78, 5) is 26.3. The van der Waals surface area contributed by atoms with Gasteiger partial charge in [0.1, 0.15) is 5.82 Å². The highest BCUT2D eigenvalue weighted by atomic mass is 19.1. The minimum absolute atomic E-state index is 0.0232. The Hall–Kier alpha value is -3.09. The number of hydrogen-bond donors (Lipinski definition) is 2. The first-order valence-electron chi connectivity index (χ1n) is 8.81. The average Bonchev–Trinajstić information content (AvgIpc) is 3.14.